The van der Waals surface area contributed by atoms with Gasteiger partial charge in [0.05, 0.1) is 0 Å². The van der Waals surface area contributed by atoms with E-state index in [9.17, 15) is 0 Å². The minimum atomic E-state index is 0.380. The second-order valence-electron chi connectivity index (χ2n) is 5.55. The van der Waals surface area contributed by atoms with Gasteiger partial charge >= 0.3 is 0 Å². The predicted octanol–water partition coefficient (Wildman–Crippen LogP) is 1.47. The van der Waals surface area contributed by atoms with Gasteiger partial charge in [0.15, 0.2) is 0 Å². The zero-order chi connectivity index (χ0) is 11.4. The average Bonchev–Trinajstić information content (AvgIpc) is 2.31. The number of hydrogen-bond acceptors (Lipinski definition) is 3. The maximum Gasteiger partial charge on any atom is 0.0469 e. The highest BCUT2D eigenvalue weighted by molar-refractivity contribution is 4.79. The fraction of sp³-hybridized carbons (Fsp3) is 1.00. The Kier molecular flexibility index (Phi) is 4.62. The molecule has 0 bridgehead atoms. The molecular formula is C13H26N2O. The van der Waals surface area contributed by atoms with Crippen molar-refractivity contribution in [3.63, 3.8) is 0 Å². The average molecular weight is 226 g/mol. The summed E-state index contributed by atoms with van der Waals surface area (Å²) in [5.74, 6) is 1.63. The fourth-order valence-corrected chi connectivity index (χ4v) is 2.96. The molecule has 1 atom stereocenters. The van der Waals surface area contributed by atoms with Gasteiger partial charge in [-0.25, -0.2) is 0 Å². The molecule has 2 heterocycles. The maximum absolute atomic E-state index is 5.96. The molecule has 2 N–H and O–H groups in total. The lowest BCUT2D eigenvalue weighted by molar-refractivity contribution is 0.0460. The maximum atomic E-state index is 5.96. The highest BCUT2D eigenvalue weighted by Gasteiger charge is 2.24. The highest BCUT2D eigenvalue weighted by Crippen LogP contribution is 2.22. The molecule has 0 aromatic carbocycles. The number of rotatable bonds is 3. The Morgan fingerprint density at radius 2 is 1.81 bits per heavy atom. The van der Waals surface area contributed by atoms with Crippen molar-refractivity contribution in [3.8, 4) is 0 Å². The van der Waals surface area contributed by atoms with Crippen molar-refractivity contribution in [3.05, 3.63) is 0 Å². The van der Waals surface area contributed by atoms with Crippen LogP contribution in [0.4, 0.5) is 0 Å². The van der Waals surface area contributed by atoms with Crippen LogP contribution in [-0.2, 0) is 4.74 Å². The Hall–Kier alpha value is -0.120. The lowest BCUT2D eigenvalue weighted by atomic mass is 9.90. The van der Waals surface area contributed by atoms with Gasteiger partial charge in [0.1, 0.15) is 0 Å². The van der Waals surface area contributed by atoms with Gasteiger partial charge in [-0.3, -0.25) is 0 Å². The Morgan fingerprint density at radius 1 is 1.19 bits per heavy atom. The largest absolute Gasteiger partial charge is 0.381 e. The van der Waals surface area contributed by atoms with Crippen molar-refractivity contribution in [2.75, 3.05) is 32.8 Å². The number of ether oxygens (including phenoxy) is 1. The van der Waals surface area contributed by atoms with Crippen molar-refractivity contribution < 1.29 is 4.74 Å². The molecule has 0 saturated carbocycles. The van der Waals surface area contributed by atoms with Crippen LogP contribution >= 0.6 is 0 Å². The molecule has 2 saturated heterocycles. The third kappa shape index (κ3) is 3.44. The topological polar surface area (TPSA) is 38.5 Å². The number of nitrogens with two attached hydrogens (primary N) is 1. The molecule has 2 aliphatic heterocycles. The van der Waals surface area contributed by atoms with Crippen molar-refractivity contribution in [1.82, 2.24) is 4.90 Å². The van der Waals surface area contributed by atoms with Crippen LogP contribution < -0.4 is 5.73 Å². The second kappa shape index (κ2) is 5.99. The van der Waals surface area contributed by atoms with Gasteiger partial charge in [0.2, 0.25) is 0 Å². The zero-order valence-electron chi connectivity index (χ0n) is 10.5. The number of likely N-dealkylation sites (tertiary alicyclic amines) is 1. The summed E-state index contributed by atoms with van der Waals surface area (Å²) in [5.41, 5.74) is 5.96. The number of nitrogens with zero attached hydrogens (tertiary/aromatic N) is 1. The van der Waals surface area contributed by atoms with Gasteiger partial charge in [-0.2, -0.15) is 0 Å². The summed E-state index contributed by atoms with van der Waals surface area (Å²) in [4.78, 5) is 2.63. The van der Waals surface area contributed by atoms with E-state index in [0.717, 1.165) is 25.0 Å². The Balaban J connectivity index is 1.68. The summed E-state index contributed by atoms with van der Waals surface area (Å²) >= 11 is 0. The molecule has 0 spiro atoms. The molecule has 2 fully saturated rings. The molecule has 16 heavy (non-hydrogen) atoms. The third-order valence-corrected chi connectivity index (χ3v) is 4.23. The summed E-state index contributed by atoms with van der Waals surface area (Å²) in [7, 11) is 0. The zero-order valence-corrected chi connectivity index (χ0v) is 10.5. The van der Waals surface area contributed by atoms with E-state index in [2.05, 4.69) is 11.8 Å². The fourth-order valence-electron chi connectivity index (χ4n) is 2.96. The lowest BCUT2D eigenvalue weighted by Crippen LogP contribution is -2.42. The molecule has 3 nitrogen and oxygen atoms in total. The van der Waals surface area contributed by atoms with Gasteiger partial charge in [0, 0.05) is 25.8 Å². The van der Waals surface area contributed by atoms with Crippen LogP contribution in [0, 0.1) is 11.8 Å². The van der Waals surface area contributed by atoms with Crippen LogP contribution in [0.5, 0.6) is 0 Å². The summed E-state index contributed by atoms with van der Waals surface area (Å²) in [5, 5.41) is 0. The molecule has 0 aromatic rings. The van der Waals surface area contributed by atoms with Crippen LogP contribution in [-0.4, -0.2) is 43.8 Å². The smallest absolute Gasteiger partial charge is 0.0469 e. The van der Waals surface area contributed by atoms with Crippen molar-refractivity contribution in [2.45, 2.75) is 38.6 Å². The normalized spacial score (nSPS) is 28.1. The highest BCUT2D eigenvalue weighted by atomic mass is 16.5. The molecule has 2 rings (SSSR count). The Morgan fingerprint density at radius 3 is 2.38 bits per heavy atom. The molecular weight excluding hydrogens is 200 g/mol. The monoisotopic (exact) mass is 226 g/mol. The first-order valence-electron chi connectivity index (χ1n) is 6.81. The standard InChI is InChI=1S/C13H26N2O/c1-11(14)13-2-6-15(7-3-13)10-12-4-8-16-9-5-12/h11-13H,2-10,14H2,1H3. The summed E-state index contributed by atoms with van der Waals surface area (Å²) in [6.45, 7) is 7.89. The van der Waals surface area contributed by atoms with E-state index in [0.29, 0.717) is 6.04 Å². The molecule has 0 radical (unpaired) electrons. The quantitative estimate of drug-likeness (QED) is 0.792. The molecule has 94 valence electrons. The van der Waals surface area contributed by atoms with Gasteiger partial charge in [0.25, 0.3) is 0 Å². The van der Waals surface area contributed by atoms with Gasteiger partial charge in [-0.15, -0.1) is 0 Å². The summed E-state index contributed by atoms with van der Waals surface area (Å²) < 4.78 is 5.40. The van der Waals surface area contributed by atoms with E-state index in [1.807, 2.05) is 0 Å². The first kappa shape index (κ1) is 12.3. The van der Waals surface area contributed by atoms with Crippen molar-refractivity contribution in [2.24, 2.45) is 17.6 Å². The van der Waals surface area contributed by atoms with E-state index >= 15 is 0 Å². The molecule has 0 amide bonds. The van der Waals surface area contributed by atoms with Gasteiger partial charge in [-0.1, -0.05) is 0 Å². The lowest BCUT2D eigenvalue weighted by Gasteiger charge is -2.36. The van der Waals surface area contributed by atoms with E-state index in [-0.39, 0.29) is 0 Å². The second-order valence-corrected chi connectivity index (χ2v) is 5.55. The molecule has 3 heteroatoms. The van der Waals surface area contributed by atoms with E-state index in [1.54, 1.807) is 0 Å². The Bertz CT molecular complexity index is 194. The van der Waals surface area contributed by atoms with Crippen molar-refractivity contribution in [1.29, 1.82) is 0 Å². The van der Waals surface area contributed by atoms with E-state index in [1.165, 1.54) is 45.3 Å². The van der Waals surface area contributed by atoms with E-state index in [4.69, 9.17) is 10.5 Å². The molecule has 2 aliphatic rings. The summed E-state index contributed by atoms with van der Waals surface area (Å²) in [6.07, 6.45) is 5.10. The van der Waals surface area contributed by atoms with Gasteiger partial charge in [-0.05, 0) is 57.5 Å². The molecule has 0 aliphatic carbocycles. The van der Waals surface area contributed by atoms with Crippen LogP contribution in [0.25, 0.3) is 0 Å². The molecule has 1 unspecified atom stereocenters. The molecule has 0 aromatic heterocycles. The predicted molar refractivity (Wildman–Crippen MR) is 66.4 cm³/mol. The third-order valence-electron chi connectivity index (χ3n) is 4.23. The van der Waals surface area contributed by atoms with E-state index < -0.39 is 0 Å². The minimum Gasteiger partial charge on any atom is -0.381 e. The first-order chi connectivity index (χ1) is 7.75. The van der Waals surface area contributed by atoms with Crippen LogP contribution in [0.1, 0.15) is 32.6 Å². The van der Waals surface area contributed by atoms with Crippen LogP contribution in [0.2, 0.25) is 0 Å². The SMILES string of the molecule is CC(N)C1CCN(CC2CCOCC2)CC1. The Labute approximate surface area is 99.3 Å². The summed E-state index contributed by atoms with van der Waals surface area (Å²) in [6, 6.07) is 0.380. The van der Waals surface area contributed by atoms with Gasteiger partial charge < -0.3 is 15.4 Å². The van der Waals surface area contributed by atoms with Crippen LogP contribution in [0.15, 0.2) is 0 Å². The van der Waals surface area contributed by atoms with Crippen LogP contribution in [0.3, 0.4) is 0 Å². The van der Waals surface area contributed by atoms with Crippen molar-refractivity contribution >= 4 is 0 Å². The number of hydrogen-bond donors (Lipinski definition) is 1. The first-order valence-corrected chi connectivity index (χ1v) is 6.81. The minimum absolute atomic E-state index is 0.380. The number of piperidine rings is 1.